The average molecular weight is 265 g/mol. The summed E-state index contributed by atoms with van der Waals surface area (Å²) in [6, 6.07) is 13.8. The molecule has 100 valence electrons. The smallest absolute Gasteiger partial charge is 0.203 e. The Bertz CT molecular complexity index is 748. The van der Waals surface area contributed by atoms with Gasteiger partial charge in [-0.15, -0.1) is 0 Å². The lowest BCUT2D eigenvalue weighted by atomic mass is 10.1. The Morgan fingerprint density at radius 2 is 2.10 bits per heavy atom. The van der Waals surface area contributed by atoms with Gasteiger partial charge in [0.1, 0.15) is 11.8 Å². The largest absolute Gasteiger partial charge is 0.449 e. The predicted octanol–water partition coefficient (Wildman–Crippen LogP) is 2.96. The van der Waals surface area contributed by atoms with Gasteiger partial charge in [0.15, 0.2) is 0 Å². The molecule has 0 atom stereocenters. The zero-order valence-corrected chi connectivity index (χ0v) is 11.0. The Kier molecular flexibility index (Phi) is 3.53. The summed E-state index contributed by atoms with van der Waals surface area (Å²) >= 11 is 0. The van der Waals surface area contributed by atoms with Crippen LogP contribution in [0.2, 0.25) is 0 Å². The number of nitriles is 1. The van der Waals surface area contributed by atoms with Gasteiger partial charge in [0, 0.05) is 17.1 Å². The van der Waals surface area contributed by atoms with Gasteiger partial charge in [-0.05, 0) is 36.7 Å². The predicted molar refractivity (Wildman–Crippen MR) is 77.1 cm³/mol. The first kappa shape index (κ1) is 12.5. The third kappa shape index (κ3) is 2.58. The van der Waals surface area contributed by atoms with E-state index < -0.39 is 0 Å². The topological polar surface area (TPSA) is 64.8 Å². The van der Waals surface area contributed by atoms with Gasteiger partial charge in [-0.1, -0.05) is 18.2 Å². The van der Waals surface area contributed by atoms with E-state index in [1.165, 1.54) is 16.5 Å². The number of benzene rings is 1. The molecule has 0 amide bonds. The first-order valence-electron chi connectivity index (χ1n) is 6.61. The summed E-state index contributed by atoms with van der Waals surface area (Å²) in [6.07, 6.45) is 3.02. The molecule has 0 saturated heterocycles. The molecule has 0 aliphatic heterocycles. The molecular formula is C16H15N3O. The molecule has 0 bridgehead atoms. The Balaban J connectivity index is 1.54. The van der Waals surface area contributed by atoms with Crippen LogP contribution in [0.15, 0.2) is 47.0 Å². The van der Waals surface area contributed by atoms with Gasteiger partial charge in [-0.3, -0.25) is 0 Å². The van der Waals surface area contributed by atoms with Crippen molar-refractivity contribution in [1.82, 2.24) is 10.3 Å². The summed E-state index contributed by atoms with van der Waals surface area (Å²) < 4.78 is 5.31. The third-order valence-electron chi connectivity index (χ3n) is 3.32. The molecule has 1 aromatic carbocycles. The van der Waals surface area contributed by atoms with Crippen molar-refractivity contribution in [3.63, 3.8) is 0 Å². The van der Waals surface area contributed by atoms with Gasteiger partial charge in [-0.25, -0.2) is 0 Å². The molecule has 20 heavy (non-hydrogen) atoms. The van der Waals surface area contributed by atoms with E-state index in [1.54, 1.807) is 6.07 Å². The number of hydrogen-bond acceptors (Lipinski definition) is 3. The summed E-state index contributed by atoms with van der Waals surface area (Å²) in [5, 5.41) is 13.3. The number of furan rings is 1. The minimum absolute atomic E-state index is 0.360. The number of aromatic amines is 1. The second-order valence-corrected chi connectivity index (χ2v) is 4.66. The monoisotopic (exact) mass is 265 g/mol. The van der Waals surface area contributed by atoms with Gasteiger partial charge in [0.05, 0.1) is 6.54 Å². The van der Waals surface area contributed by atoms with E-state index in [4.69, 9.17) is 9.68 Å². The lowest BCUT2D eigenvalue weighted by molar-refractivity contribution is 0.475. The number of nitrogens with one attached hydrogen (secondary N) is 2. The van der Waals surface area contributed by atoms with Crippen LogP contribution >= 0.6 is 0 Å². The zero-order chi connectivity index (χ0) is 13.8. The van der Waals surface area contributed by atoms with Crippen molar-refractivity contribution in [2.24, 2.45) is 0 Å². The van der Waals surface area contributed by atoms with Crippen molar-refractivity contribution in [3.05, 3.63) is 59.7 Å². The first-order valence-corrected chi connectivity index (χ1v) is 6.61. The molecule has 0 aliphatic rings. The molecule has 2 heterocycles. The van der Waals surface area contributed by atoms with E-state index in [1.807, 2.05) is 18.2 Å². The van der Waals surface area contributed by atoms with Crippen LogP contribution in [-0.4, -0.2) is 11.5 Å². The van der Waals surface area contributed by atoms with Crippen molar-refractivity contribution in [3.8, 4) is 6.07 Å². The second-order valence-electron chi connectivity index (χ2n) is 4.66. The maximum atomic E-state index is 8.68. The lowest BCUT2D eigenvalue weighted by Crippen LogP contribution is -2.16. The van der Waals surface area contributed by atoms with Gasteiger partial charge < -0.3 is 14.7 Å². The first-order chi connectivity index (χ1) is 9.86. The maximum Gasteiger partial charge on any atom is 0.203 e. The third-order valence-corrected chi connectivity index (χ3v) is 3.32. The fourth-order valence-electron chi connectivity index (χ4n) is 2.31. The van der Waals surface area contributed by atoms with Crippen LogP contribution in [-0.2, 0) is 13.0 Å². The van der Waals surface area contributed by atoms with E-state index >= 15 is 0 Å². The maximum absolute atomic E-state index is 8.68. The van der Waals surface area contributed by atoms with E-state index in [9.17, 15) is 0 Å². The number of hydrogen-bond donors (Lipinski definition) is 2. The molecule has 4 heteroatoms. The normalized spacial score (nSPS) is 10.8. The highest BCUT2D eigenvalue weighted by Crippen LogP contribution is 2.17. The summed E-state index contributed by atoms with van der Waals surface area (Å²) in [7, 11) is 0. The van der Waals surface area contributed by atoms with E-state index in [0.717, 1.165) is 18.7 Å². The molecule has 0 spiro atoms. The summed E-state index contributed by atoms with van der Waals surface area (Å²) in [4.78, 5) is 3.28. The fourth-order valence-corrected chi connectivity index (χ4v) is 2.31. The summed E-state index contributed by atoms with van der Waals surface area (Å²) in [5.41, 5.74) is 2.48. The molecule has 0 radical (unpaired) electrons. The molecule has 3 rings (SSSR count). The molecule has 4 nitrogen and oxygen atoms in total. The van der Waals surface area contributed by atoms with Gasteiger partial charge in [-0.2, -0.15) is 5.26 Å². The van der Waals surface area contributed by atoms with Crippen molar-refractivity contribution in [1.29, 1.82) is 5.26 Å². The highest BCUT2D eigenvalue weighted by Gasteiger charge is 2.03. The SMILES string of the molecule is N#Cc1ccc(CNCCc2c[nH]c3ccccc23)o1. The summed E-state index contributed by atoms with van der Waals surface area (Å²) in [6.45, 7) is 1.51. The van der Waals surface area contributed by atoms with Gasteiger partial charge in [0.2, 0.25) is 5.76 Å². The minimum atomic E-state index is 0.360. The van der Waals surface area contributed by atoms with Crippen molar-refractivity contribution in [2.75, 3.05) is 6.54 Å². The standard InChI is InChI=1S/C16H15N3O/c17-9-13-5-6-14(20-13)11-18-8-7-12-10-19-16-4-2-1-3-15(12)16/h1-6,10,18-19H,7-8,11H2. The van der Waals surface area contributed by atoms with Crippen LogP contribution < -0.4 is 5.32 Å². The van der Waals surface area contributed by atoms with Gasteiger partial charge >= 0.3 is 0 Å². The second kappa shape index (κ2) is 5.64. The molecule has 0 saturated carbocycles. The number of nitrogens with zero attached hydrogens (tertiary/aromatic N) is 1. The Morgan fingerprint density at radius 3 is 2.95 bits per heavy atom. The van der Waals surface area contributed by atoms with Crippen molar-refractivity contribution >= 4 is 10.9 Å². The molecule has 2 N–H and O–H groups in total. The van der Waals surface area contributed by atoms with Crippen molar-refractivity contribution in [2.45, 2.75) is 13.0 Å². The Hall–Kier alpha value is -2.51. The van der Waals surface area contributed by atoms with Crippen LogP contribution in [0.5, 0.6) is 0 Å². The van der Waals surface area contributed by atoms with Crippen LogP contribution in [0.4, 0.5) is 0 Å². The van der Waals surface area contributed by atoms with Crippen LogP contribution in [0.1, 0.15) is 17.1 Å². The minimum Gasteiger partial charge on any atom is -0.449 e. The van der Waals surface area contributed by atoms with E-state index in [2.05, 4.69) is 34.7 Å². The summed E-state index contributed by atoms with van der Waals surface area (Å²) in [5.74, 6) is 1.15. The number of H-pyrrole nitrogens is 1. The van der Waals surface area contributed by atoms with Crippen molar-refractivity contribution < 1.29 is 4.42 Å². The lowest BCUT2D eigenvalue weighted by Gasteiger charge is -2.02. The molecule has 0 fully saturated rings. The van der Waals surface area contributed by atoms with Gasteiger partial charge in [0.25, 0.3) is 0 Å². The Labute approximate surface area is 117 Å². The van der Waals surface area contributed by atoms with E-state index in [-0.39, 0.29) is 0 Å². The number of fused-ring (bicyclic) bond motifs is 1. The highest BCUT2D eigenvalue weighted by molar-refractivity contribution is 5.83. The van der Waals surface area contributed by atoms with Crippen LogP contribution in [0, 0.1) is 11.3 Å². The molecular weight excluding hydrogens is 250 g/mol. The molecule has 2 aromatic heterocycles. The number of aromatic nitrogens is 1. The highest BCUT2D eigenvalue weighted by atomic mass is 16.3. The average Bonchev–Trinajstić information content (AvgIpc) is 3.10. The molecule has 3 aromatic rings. The van der Waals surface area contributed by atoms with Crippen LogP contribution in [0.25, 0.3) is 10.9 Å². The van der Waals surface area contributed by atoms with Crippen LogP contribution in [0.3, 0.4) is 0 Å². The number of rotatable bonds is 5. The molecule has 0 unspecified atom stereocenters. The Morgan fingerprint density at radius 1 is 1.20 bits per heavy atom. The zero-order valence-electron chi connectivity index (χ0n) is 11.0. The van der Waals surface area contributed by atoms with E-state index in [0.29, 0.717) is 12.3 Å². The molecule has 0 aliphatic carbocycles. The number of para-hydroxylation sites is 1. The quantitative estimate of drug-likeness (QED) is 0.697. The fraction of sp³-hybridized carbons (Fsp3) is 0.188.